The molecule has 1 saturated heterocycles. The van der Waals surface area contributed by atoms with Gasteiger partial charge in [-0.3, -0.25) is 14.5 Å². The lowest BCUT2D eigenvalue weighted by Gasteiger charge is -2.38. The molecule has 1 atom stereocenters. The highest BCUT2D eigenvalue weighted by Crippen LogP contribution is 2.29. The Morgan fingerprint density at radius 1 is 1.26 bits per heavy atom. The van der Waals surface area contributed by atoms with E-state index >= 15 is 0 Å². The van der Waals surface area contributed by atoms with Crippen LogP contribution in [0.1, 0.15) is 25.3 Å². The molecule has 5 nitrogen and oxygen atoms in total. The maximum absolute atomic E-state index is 13.5. The van der Waals surface area contributed by atoms with Crippen LogP contribution in [0.5, 0.6) is 0 Å². The van der Waals surface area contributed by atoms with Crippen LogP contribution in [0, 0.1) is 5.82 Å². The number of fused-ring (bicyclic) bond motifs is 1. The van der Waals surface area contributed by atoms with Crippen molar-refractivity contribution in [2.24, 2.45) is 0 Å². The van der Waals surface area contributed by atoms with Gasteiger partial charge in [-0.2, -0.15) is 5.10 Å². The second-order valence-electron chi connectivity index (χ2n) is 6.69. The Balaban J connectivity index is 1.68. The lowest BCUT2D eigenvalue weighted by molar-refractivity contribution is -0.138. The van der Waals surface area contributed by atoms with E-state index in [1.54, 1.807) is 21.8 Å². The first kappa shape index (κ1) is 17.5. The van der Waals surface area contributed by atoms with Gasteiger partial charge in [0.25, 0.3) is 6.43 Å². The molecule has 1 unspecified atom stereocenters. The van der Waals surface area contributed by atoms with Gasteiger partial charge < -0.3 is 4.90 Å². The summed E-state index contributed by atoms with van der Waals surface area (Å²) in [6, 6.07) is 5.53. The fourth-order valence-corrected chi connectivity index (χ4v) is 3.24. The van der Waals surface area contributed by atoms with E-state index in [1.165, 1.54) is 12.3 Å². The van der Waals surface area contributed by atoms with Crippen molar-refractivity contribution in [3.05, 3.63) is 48.0 Å². The largest absolute Gasteiger partial charge is 0.338 e. The quantitative estimate of drug-likeness (QED) is 0.698. The van der Waals surface area contributed by atoms with Gasteiger partial charge in [0.2, 0.25) is 5.91 Å². The van der Waals surface area contributed by atoms with Gasteiger partial charge in [-0.1, -0.05) is 6.07 Å². The zero-order valence-corrected chi connectivity index (χ0v) is 14.6. The number of carbonyl (C=O) groups excluding carboxylic acids is 1. The van der Waals surface area contributed by atoms with Crippen LogP contribution in [0.25, 0.3) is 22.2 Å². The van der Waals surface area contributed by atoms with Crippen LogP contribution in [0.4, 0.5) is 13.2 Å². The van der Waals surface area contributed by atoms with Gasteiger partial charge in [-0.05, 0) is 37.1 Å². The number of carbonyl (C=O) groups is 1. The van der Waals surface area contributed by atoms with Gasteiger partial charge in [-0.25, -0.2) is 13.2 Å². The van der Waals surface area contributed by atoms with Crippen molar-refractivity contribution in [1.29, 1.82) is 0 Å². The predicted molar refractivity (Wildman–Crippen MR) is 93.7 cm³/mol. The maximum atomic E-state index is 13.5. The Morgan fingerprint density at radius 3 is 2.74 bits per heavy atom. The molecule has 0 bridgehead atoms. The maximum Gasteiger partial charge on any atom is 0.266 e. The fraction of sp³-hybridized carbons (Fsp3) is 0.316. The van der Waals surface area contributed by atoms with Crippen molar-refractivity contribution >= 4 is 16.9 Å². The third-order valence-electron chi connectivity index (χ3n) is 4.98. The average molecular weight is 374 g/mol. The molecule has 3 heterocycles. The number of amides is 1. The molecular weight excluding hydrogens is 357 g/mol. The number of pyridine rings is 1. The number of alkyl halides is 2. The van der Waals surface area contributed by atoms with Crippen LogP contribution in [0.2, 0.25) is 0 Å². The lowest BCUT2D eigenvalue weighted by Crippen LogP contribution is -2.50. The van der Waals surface area contributed by atoms with Crippen molar-refractivity contribution < 1.29 is 18.0 Å². The van der Waals surface area contributed by atoms with Crippen LogP contribution in [0.3, 0.4) is 0 Å². The Morgan fingerprint density at radius 2 is 2.07 bits per heavy atom. The number of likely N-dealkylation sites (tertiary alicyclic amines) is 1. The van der Waals surface area contributed by atoms with E-state index in [4.69, 9.17) is 0 Å². The van der Waals surface area contributed by atoms with Crippen molar-refractivity contribution in [2.75, 3.05) is 6.54 Å². The summed E-state index contributed by atoms with van der Waals surface area (Å²) in [6.45, 7) is 2.83. The SMILES string of the molecule is CC1CCN1C(=O)Cn1ncc2ncc(-c3ccc(F)c(C(F)F)c3)cc21. The minimum atomic E-state index is -2.90. The summed E-state index contributed by atoms with van der Waals surface area (Å²) < 4.78 is 41.0. The molecule has 0 saturated carbocycles. The van der Waals surface area contributed by atoms with Crippen LogP contribution >= 0.6 is 0 Å². The fourth-order valence-electron chi connectivity index (χ4n) is 3.24. The molecule has 27 heavy (non-hydrogen) atoms. The normalized spacial score (nSPS) is 16.8. The monoisotopic (exact) mass is 374 g/mol. The Labute approximate surface area is 153 Å². The summed E-state index contributed by atoms with van der Waals surface area (Å²) in [6.07, 6.45) is 1.18. The standard InChI is InChI=1S/C19H17F3N4O/c1-11-4-5-25(11)18(27)10-26-17-7-13(8-23-16(17)9-24-26)12-2-3-15(20)14(6-12)19(21)22/h2-3,6-9,11,19H,4-5,10H2,1H3. The first-order valence-electron chi connectivity index (χ1n) is 8.63. The zero-order valence-electron chi connectivity index (χ0n) is 14.6. The van der Waals surface area contributed by atoms with Gasteiger partial charge in [0.1, 0.15) is 17.9 Å². The van der Waals surface area contributed by atoms with E-state index in [0.29, 0.717) is 22.2 Å². The smallest absolute Gasteiger partial charge is 0.266 e. The van der Waals surface area contributed by atoms with E-state index in [2.05, 4.69) is 10.1 Å². The van der Waals surface area contributed by atoms with Crippen LogP contribution in [-0.4, -0.2) is 38.2 Å². The summed E-state index contributed by atoms with van der Waals surface area (Å²) in [4.78, 5) is 18.5. The van der Waals surface area contributed by atoms with Crippen LogP contribution in [0.15, 0.2) is 36.7 Å². The molecule has 1 fully saturated rings. The zero-order chi connectivity index (χ0) is 19.1. The van der Waals surface area contributed by atoms with Crippen molar-refractivity contribution in [3.8, 4) is 11.1 Å². The second kappa shape index (κ2) is 6.68. The Bertz CT molecular complexity index is 1020. The van der Waals surface area contributed by atoms with Gasteiger partial charge in [-0.15, -0.1) is 0 Å². The Kier molecular flexibility index (Phi) is 4.33. The molecule has 8 heteroatoms. The average Bonchev–Trinajstić information content (AvgIpc) is 3.02. The number of hydrogen-bond donors (Lipinski definition) is 0. The Hall–Kier alpha value is -2.90. The summed E-state index contributed by atoms with van der Waals surface area (Å²) in [5, 5.41) is 4.22. The molecule has 1 aliphatic rings. The predicted octanol–water partition coefficient (Wildman–Crippen LogP) is 3.80. The van der Waals surface area contributed by atoms with Gasteiger partial charge in [0.05, 0.1) is 17.3 Å². The van der Waals surface area contributed by atoms with Gasteiger partial charge in [0, 0.05) is 24.3 Å². The van der Waals surface area contributed by atoms with E-state index < -0.39 is 17.8 Å². The molecular formula is C19H17F3N4O. The van der Waals surface area contributed by atoms with Crippen LogP contribution < -0.4 is 0 Å². The lowest BCUT2D eigenvalue weighted by atomic mass is 10.0. The molecule has 0 N–H and O–H groups in total. The number of halogens is 3. The number of nitrogens with zero attached hydrogens (tertiary/aromatic N) is 4. The van der Waals surface area contributed by atoms with E-state index in [-0.39, 0.29) is 18.5 Å². The van der Waals surface area contributed by atoms with E-state index in [9.17, 15) is 18.0 Å². The van der Waals surface area contributed by atoms with E-state index in [1.807, 2.05) is 6.92 Å². The van der Waals surface area contributed by atoms with Crippen molar-refractivity contribution in [1.82, 2.24) is 19.7 Å². The molecule has 1 amide bonds. The molecule has 3 aromatic rings. The minimum Gasteiger partial charge on any atom is -0.338 e. The molecule has 1 aromatic carbocycles. The first-order chi connectivity index (χ1) is 12.9. The molecule has 4 rings (SSSR count). The number of benzene rings is 1. The van der Waals surface area contributed by atoms with Crippen LogP contribution in [-0.2, 0) is 11.3 Å². The highest BCUT2D eigenvalue weighted by Gasteiger charge is 2.28. The number of aromatic nitrogens is 3. The topological polar surface area (TPSA) is 51.0 Å². The van der Waals surface area contributed by atoms with Gasteiger partial charge >= 0.3 is 0 Å². The third kappa shape index (κ3) is 3.15. The molecule has 2 aromatic heterocycles. The number of hydrogen-bond acceptors (Lipinski definition) is 3. The second-order valence-corrected chi connectivity index (χ2v) is 6.69. The van der Waals surface area contributed by atoms with Crippen molar-refractivity contribution in [2.45, 2.75) is 32.4 Å². The molecule has 0 aliphatic carbocycles. The van der Waals surface area contributed by atoms with Crippen molar-refractivity contribution in [3.63, 3.8) is 0 Å². The summed E-state index contributed by atoms with van der Waals surface area (Å²) in [5.41, 5.74) is 1.55. The highest BCUT2D eigenvalue weighted by molar-refractivity contribution is 5.83. The first-order valence-corrected chi connectivity index (χ1v) is 8.63. The molecule has 140 valence electrons. The molecule has 0 radical (unpaired) electrons. The summed E-state index contributed by atoms with van der Waals surface area (Å²) >= 11 is 0. The highest BCUT2D eigenvalue weighted by atomic mass is 19.3. The van der Waals surface area contributed by atoms with Gasteiger partial charge in [0.15, 0.2) is 0 Å². The molecule has 1 aliphatic heterocycles. The van der Waals surface area contributed by atoms with E-state index in [0.717, 1.165) is 25.1 Å². The third-order valence-corrected chi connectivity index (χ3v) is 4.98. The summed E-state index contributed by atoms with van der Waals surface area (Å²) in [7, 11) is 0. The molecule has 0 spiro atoms. The number of rotatable bonds is 4. The minimum absolute atomic E-state index is 0.0223. The summed E-state index contributed by atoms with van der Waals surface area (Å²) in [5.74, 6) is -0.965.